The van der Waals surface area contributed by atoms with E-state index in [4.69, 9.17) is 12.2 Å². The SMILES string of the molecule is CC(C)c1[nH]c(=S)ccc1S. The molecule has 0 aliphatic carbocycles. The summed E-state index contributed by atoms with van der Waals surface area (Å²) in [5.41, 5.74) is 1.11. The fourth-order valence-electron chi connectivity index (χ4n) is 0.923. The average Bonchev–Trinajstić information content (AvgIpc) is 1.94. The third-order valence-electron chi connectivity index (χ3n) is 1.50. The highest BCUT2D eigenvalue weighted by Gasteiger charge is 2.02. The number of thiol groups is 1. The zero-order valence-corrected chi connectivity index (χ0v) is 8.30. The summed E-state index contributed by atoms with van der Waals surface area (Å²) in [5.74, 6) is 0.449. The van der Waals surface area contributed by atoms with Gasteiger partial charge in [-0.15, -0.1) is 12.6 Å². The minimum absolute atomic E-state index is 0.449. The number of hydrogen-bond acceptors (Lipinski definition) is 2. The van der Waals surface area contributed by atoms with E-state index in [2.05, 4.69) is 31.5 Å². The van der Waals surface area contributed by atoms with E-state index in [1.165, 1.54) is 0 Å². The predicted molar refractivity (Wildman–Crippen MR) is 53.0 cm³/mol. The highest BCUT2D eigenvalue weighted by molar-refractivity contribution is 7.80. The van der Waals surface area contributed by atoms with Gasteiger partial charge >= 0.3 is 0 Å². The first-order valence-corrected chi connectivity index (χ1v) is 4.39. The largest absolute Gasteiger partial charge is 0.349 e. The molecule has 1 rings (SSSR count). The minimum atomic E-state index is 0.449. The summed E-state index contributed by atoms with van der Waals surface area (Å²) < 4.78 is 0.770. The molecule has 0 atom stereocenters. The molecule has 1 N–H and O–H groups in total. The monoisotopic (exact) mass is 185 g/mol. The van der Waals surface area contributed by atoms with Crippen molar-refractivity contribution in [3.05, 3.63) is 22.5 Å². The van der Waals surface area contributed by atoms with E-state index in [-0.39, 0.29) is 0 Å². The summed E-state index contributed by atoms with van der Waals surface area (Å²) >= 11 is 9.30. The first-order chi connectivity index (χ1) is 5.11. The van der Waals surface area contributed by atoms with E-state index < -0.39 is 0 Å². The van der Waals surface area contributed by atoms with Crippen molar-refractivity contribution >= 4 is 24.8 Å². The third kappa shape index (κ3) is 2.07. The maximum Gasteiger partial charge on any atom is 0.103 e. The summed E-state index contributed by atoms with van der Waals surface area (Å²) in [7, 11) is 0. The molecular formula is C8H11NS2. The Morgan fingerprint density at radius 2 is 2.09 bits per heavy atom. The lowest BCUT2D eigenvalue weighted by Gasteiger charge is -2.07. The number of rotatable bonds is 1. The molecular weight excluding hydrogens is 174 g/mol. The van der Waals surface area contributed by atoms with Crippen LogP contribution in [0, 0.1) is 4.64 Å². The van der Waals surface area contributed by atoms with Crippen LogP contribution in [0.25, 0.3) is 0 Å². The van der Waals surface area contributed by atoms with Gasteiger partial charge in [-0.2, -0.15) is 0 Å². The first kappa shape index (κ1) is 8.81. The molecule has 1 heterocycles. The lowest BCUT2D eigenvalue weighted by molar-refractivity contribution is 0.793. The fourth-order valence-corrected chi connectivity index (χ4v) is 1.49. The van der Waals surface area contributed by atoms with Crippen molar-refractivity contribution in [3.8, 4) is 0 Å². The highest BCUT2D eigenvalue weighted by atomic mass is 32.1. The van der Waals surface area contributed by atoms with Crippen molar-refractivity contribution in [2.24, 2.45) is 0 Å². The van der Waals surface area contributed by atoms with Gasteiger partial charge in [-0.05, 0) is 18.1 Å². The number of hydrogen-bond donors (Lipinski definition) is 2. The van der Waals surface area contributed by atoms with Crippen LogP contribution in [0.4, 0.5) is 0 Å². The quantitative estimate of drug-likeness (QED) is 0.507. The molecule has 1 nitrogen and oxygen atoms in total. The smallest absolute Gasteiger partial charge is 0.103 e. The second-order valence-electron chi connectivity index (χ2n) is 2.78. The van der Waals surface area contributed by atoms with E-state index in [0.29, 0.717) is 5.92 Å². The summed E-state index contributed by atoms with van der Waals surface area (Å²) in [5, 5.41) is 0. The molecule has 0 amide bonds. The number of pyridine rings is 1. The Morgan fingerprint density at radius 3 is 2.55 bits per heavy atom. The van der Waals surface area contributed by atoms with E-state index >= 15 is 0 Å². The third-order valence-corrected chi connectivity index (χ3v) is 2.13. The molecule has 0 aliphatic rings. The average molecular weight is 185 g/mol. The molecule has 0 radical (unpaired) electrons. The van der Waals surface area contributed by atoms with E-state index in [1.807, 2.05) is 12.1 Å². The van der Waals surface area contributed by atoms with Gasteiger partial charge < -0.3 is 4.98 Å². The maximum absolute atomic E-state index is 4.99. The molecule has 0 aliphatic heterocycles. The van der Waals surface area contributed by atoms with E-state index in [9.17, 15) is 0 Å². The Hall–Kier alpha value is -0.280. The summed E-state index contributed by atoms with van der Waals surface area (Å²) in [6.45, 7) is 4.22. The zero-order valence-electron chi connectivity index (χ0n) is 6.59. The molecule has 0 saturated heterocycles. The molecule has 0 fully saturated rings. The summed E-state index contributed by atoms with van der Waals surface area (Å²) in [6, 6.07) is 3.78. The van der Waals surface area contributed by atoms with Gasteiger partial charge in [0.1, 0.15) is 4.64 Å². The molecule has 0 bridgehead atoms. The van der Waals surface area contributed by atoms with Crippen LogP contribution in [0.1, 0.15) is 25.5 Å². The molecule has 3 heteroatoms. The van der Waals surface area contributed by atoms with Crippen LogP contribution in [-0.2, 0) is 0 Å². The molecule has 1 aromatic rings. The molecule has 60 valence electrons. The Morgan fingerprint density at radius 1 is 1.45 bits per heavy atom. The van der Waals surface area contributed by atoms with Crippen LogP contribution in [0.5, 0.6) is 0 Å². The van der Waals surface area contributed by atoms with E-state index in [1.54, 1.807) is 0 Å². The Bertz CT molecular complexity index is 301. The number of aromatic nitrogens is 1. The molecule has 11 heavy (non-hydrogen) atoms. The van der Waals surface area contributed by atoms with Crippen molar-refractivity contribution in [3.63, 3.8) is 0 Å². The van der Waals surface area contributed by atoms with Crippen molar-refractivity contribution in [1.82, 2.24) is 4.98 Å². The van der Waals surface area contributed by atoms with Gasteiger partial charge in [0.25, 0.3) is 0 Å². The van der Waals surface area contributed by atoms with E-state index in [0.717, 1.165) is 15.2 Å². The van der Waals surface area contributed by atoms with Crippen molar-refractivity contribution in [1.29, 1.82) is 0 Å². The standard InChI is InChI=1S/C8H11NS2/c1-5(2)8-6(10)3-4-7(11)9-8/h3-5,10H,1-2H3,(H,9,11). The van der Waals surface area contributed by atoms with Gasteiger partial charge in [-0.3, -0.25) is 0 Å². The predicted octanol–water partition coefficient (Wildman–Crippen LogP) is 3.16. The lowest BCUT2D eigenvalue weighted by atomic mass is 10.1. The van der Waals surface area contributed by atoms with Crippen LogP contribution in [0.2, 0.25) is 0 Å². The topological polar surface area (TPSA) is 15.8 Å². The van der Waals surface area contributed by atoms with Gasteiger partial charge in [0.15, 0.2) is 0 Å². The van der Waals surface area contributed by atoms with Gasteiger partial charge in [0, 0.05) is 10.6 Å². The van der Waals surface area contributed by atoms with Gasteiger partial charge in [-0.25, -0.2) is 0 Å². The zero-order chi connectivity index (χ0) is 8.43. The maximum atomic E-state index is 4.99. The second-order valence-corrected chi connectivity index (χ2v) is 3.70. The second kappa shape index (κ2) is 3.41. The molecule has 0 aromatic carbocycles. The molecule has 1 aromatic heterocycles. The van der Waals surface area contributed by atoms with Crippen LogP contribution in [-0.4, -0.2) is 4.98 Å². The molecule has 0 unspecified atom stereocenters. The fraction of sp³-hybridized carbons (Fsp3) is 0.375. The van der Waals surface area contributed by atoms with Gasteiger partial charge in [0.05, 0.1) is 0 Å². The summed E-state index contributed by atoms with van der Waals surface area (Å²) in [6.07, 6.45) is 0. The Kier molecular flexibility index (Phi) is 2.73. The van der Waals surface area contributed by atoms with Crippen LogP contribution < -0.4 is 0 Å². The normalized spacial score (nSPS) is 10.5. The van der Waals surface area contributed by atoms with Crippen molar-refractivity contribution < 1.29 is 0 Å². The lowest BCUT2D eigenvalue weighted by Crippen LogP contribution is -1.93. The Balaban J connectivity index is 3.23. The first-order valence-electron chi connectivity index (χ1n) is 3.53. The van der Waals surface area contributed by atoms with Gasteiger partial charge in [0.2, 0.25) is 0 Å². The Labute approximate surface area is 77.3 Å². The van der Waals surface area contributed by atoms with Crippen molar-refractivity contribution in [2.45, 2.75) is 24.7 Å². The van der Waals surface area contributed by atoms with Gasteiger partial charge in [-0.1, -0.05) is 26.1 Å². The highest BCUT2D eigenvalue weighted by Crippen LogP contribution is 2.19. The van der Waals surface area contributed by atoms with Crippen LogP contribution >= 0.6 is 24.8 Å². The van der Waals surface area contributed by atoms with Crippen LogP contribution in [0.15, 0.2) is 17.0 Å². The van der Waals surface area contributed by atoms with Crippen molar-refractivity contribution in [2.75, 3.05) is 0 Å². The number of nitrogens with one attached hydrogen (secondary N) is 1. The minimum Gasteiger partial charge on any atom is -0.349 e. The number of aromatic amines is 1. The molecule has 0 spiro atoms. The summed E-state index contributed by atoms with van der Waals surface area (Å²) in [4.78, 5) is 4.09. The van der Waals surface area contributed by atoms with Crippen LogP contribution in [0.3, 0.4) is 0 Å². The molecule has 0 saturated carbocycles. The number of H-pyrrole nitrogens is 1.